The van der Waals surface area contributed by atoms with Gasteiger partial charge in [-0.3, -0.25) is 4.79 Å². The average molecular weight is 198 g/mol. The first kappa shape index (κ1) is 11.5. The summed E-state index contributed by atoms with van der Waals surface area (Å²) < 4.78 is 5.11. The lowest BCUT2D eigenvalue weighted by atomic mass is 9.97. The Balaban J connectivity index is 2.04. The zero-order valence-electron chi connectivity index (χ0n) is 9.42. The normalized spacial score (nSPS) is 26.6. The van der Waals surface area contributed by atoms with Crippen LogP contribution in [0.25, 0.3) is 0 Å². The van der Waals surface area contributed by atoms with Crippen LogP contribution in [0.2, 0.25) is 0 Å². The van der Waals surface area contributed by atoms with Crippen LogP contribution in [-0.4, -0.2) is 12.1 Å². The van der Waals surface area contributed by atoms with Crippen LogP contribution < -0.4 is 0 Å². The van der Waals surface area contributed by atoms with Crippen molar-refractivity contribution >= 4 is 5.97 Å². The van der Waals surface area contributed by atoms with Crippen LogP contribution >= 0.6 is 0 Å². The maximum atomic E-state index is 11.3. The van der Waals surface area contributed by atoms with Gasteiger partial charge in [-0.05, 0) is 19.8 Å². The van der Waals surface area contributed by atoms with E-state index in [4.69, 9.17) is 4.74 Å². The SMILES string of the molecule is CCCCCCC[C@@H]1C[C@H](C)OC1=O. The molecule has 2 nitrogen and oxygen atoms in total. The largest absolute Gasteiger partial charge is 0.462 e. The van der Waals surface area contributed by atoms with Crippen LogP contribution in [0.3, 0.4) is 0 Å². The summed E-state index contributed by atoms with van der Waals surface area (Å²) in [5.74, 6) is 0.236. The third-order valence-electron chi connectivity index (χ3n) is 2.92. The first-order valence-electron chi connectivity index (χ1n) is 5.94. The topological polar surface area (TPSA) is 26.3 Å². The average Bonchev–Trinajstić information content (AvgIpc) is 2.45. The van der Waals surface area contributed by atoms with Crippen LogP contribution in [0.4, 0.5) is 0 Å². The van der Waals surface area contributed by atoms with E-state index in [-0.39, 0.29) is 18.0 Å². The van der Waals surface area contributed by atoms with E-state index in [0.717, 1.165) is 12.8 Å². The molecule has 0 saturated carbocycles. The van der Waals surface area contributed by atoms with Crippen molar-refractivity contribution in [2.75, 3.05) is 0 Å². The van der Waals surface area contributed by atoms with Crippen LogP contribution in [0, 0.1) is 5.92 Å². The molecule has 0 aliphatic carbocycles. The van der Waals surface area contributed by atoms with Crippen molar-refractivity contribution in [3.8, 4) is 0 Å². The fourth-order valence-electron chi connectivity index (χ4n) is 2.07. The van der Waals surface area contributed by atoms with Crippen molar-refractivity contribution in [1.82, 2.24) is 0 Å². The van der Waals surface area contributed by atoms with Gasteiger partial charge in [-0.15, -0.1) is 0 Å². The van der Waals surface area contributed by atoms with Crippen LogP contribution in [-0.2, 0) is 9.53 Å². The van der Waals surface area contributed by atoms with Crippen LogP contribution in [0.5, 0.6) is 0 Å². The molecule has 0 N–H and O–H groups in total. The minimum atomic E-state index is 0.0352. The Labute approximate surface area is 87.0 Å². The summed E-state index contributed by atoms with van der Waals surface area (Å²) >= 11 is 0. The van der Waals surface area contributed by atoms with Gasteiger partial charge in [-0.25, -0.2) is 0 Å². The summed E-state index contributed by atoms with van der Waals surface area (Å²) in [5.41, 5.74) is 0. The first-order chi connectivity index (χ1) is 6.74. The van der Waals surface area contributed by atoms with Gasteiger partial charge in [0.05, 0.1) is 12.0 Å². The molecule has 2 heteroatoms. The number of hydrogen-bond donors (Lipinski definition) is 0. The number of carbonyl (C=O) groups is 1. The van der Waals surface area contributed by atoms with E-state index in [2.05, 4.69) is 6.92 Å². The molecule has 2 atom stereocenters. The van der Waals surface area contributed by atoms with E-state index in [1.807, 2.05) is 6.92 Å². The summed E-state index contributed by atoms with van der Waals surface area (Å²) in [4.78, 5) is 11.3. The predicted octanol–water partition coefficient (Wildman–Crippen LogP) is 3.30. The summed E-state index contributed by atoms with van der Waals surface area (Å²) in [5, 5.41) is 0. The van der Waals surface area contributed by atoms with Gasteiger partial charge in [-0.2, -0.15) is 0 Å². The van der Waals surface area contributed by atoms with Gasteiger partial charge in [0.25, 0.3) is 0 Å². The smallest absolute Gasteiger partial charge is 0.309 e. The second-order valence-corrected chi connectivity index (χ2v) is 4.38. The fraction of sp³-hybridized carbons (Fsp3) is 0.917. The lowest BCUT2D eigenvalue weighted by Gasteiger charge is -2.04. The highest BCUT2D eigenvalue weighted by Gasteiger charge is 2.30. The Morgan fingerprint density at radius 1 is 1.29 bits per heavy atom. The van der Waals surface area contributed by atoms with E-state index in [1.165, 1.54) is 32.1 Å². The lowest BCUT2D eigenvalue weighted by Crippen LogP contribution is -2.07. The van der Waals surface area contributed by atoms with Gasteiger partial charge < -0.3 is 4.74 Å². The molecule has 14 heavy (non-hydrogen) atoms. The van der Waals surface area contributed by atoms with E-state index < -0.39 is 0 Å². The standard InChI is InChI=1S/C12H22O2/c1-3-4-5-6-7-8-11-9-10(2)14-12(11)13/h10-11H,3-9H2,1-2H3/t10-,11+/m0/s1. The lowest BCUT2D eigenvalue weighted by molar-refractivity contribution is -0.143. The highest BCUT2D eigenvalue weighted by atomic mass is 16.5. The van der Waals surface area contributed by atoms with Crippen LogP contribution in [0.1, 0.15) is 58.8 Å². The second kappa shape index (κ2) is 6.05. The molecule has 0 aromatic heterocycles. The molecule has 0 bridgehead atoms. The van der Waals surface area contributed by atoms with Crippen molar-refractivity contribution in [3.63, 3.8) is 0 Å². The Hall–Kier alpha value is -0.530. The number of rotatable bonds is 6. The van der Waals surface area contributed by atoms with Gasteiger partial charge in [0.1, 0.15) is 0 Å². The molecule has 0 amide bonds. The number of carbonyl (C=O) groups excluding carboxylic acids is 1. The molecule has 1 aliphatic heterocycles. The maximum absolute atomic E-state index is 11.3. The molecule has 82 valence electrons. The van der Waals surface area contributed by atoms with Crippen molar-refractivity contribution in [1.29, 1.82) is 0 Å². The van der Waals surface area contributed by atoms with Crippen LogP contribution in [0.15, 0.2) is 0 Å². The number of unbranched alkanes of at least 4 members (excludes halogenated alkanes) is 4. The molecular formula is C12H22O2. The van der Waals surface area contributed by atoms with Crippen molar-refractivity contribution in [2.24, 2.45) is 5.92 Å². The molecule has 0 aromatic rings. The summed E-state index contributed by atoms with van der Waals surface area (Å²) in [6.07, 6.45) is 8.50. The summed E-state index contributed by atoms with van der Waals surface area (Å²) in [6.45, 7) is 4.20. The Kier molecular flexibility index (Phi) is 4.99. The molecule has 0 unspecified atom stereocenters. The van der Waals surface area contributed by atoms with Crippen molar-refractivity contribution < 1.29 is 9.53 Å². The van der Waals surface area contributed by atoms with Gasteiger partial charge in [-0.1, -0.05) is 39.0 Å². The number of esters is 1. The molecule has 1 aliphatic rings. The monoisotopic (exact) mass is 198 g/mol. The number of cyclic esters (lactones) is 1. The first-order valence-corrected chi connectivity index (χ1v) is 5.94. The van der Waals surface area contributed by atoms with Gasteiger partial charge in [0.15, 0.2) is 0 Å². The number of hydrogen-bond acceptors (Lipinski definition) is 2. The summed E-state index contributed by atoms with van der Waals surface area (Å²) in [7, 11) is 0. The van der Waals surface area contributed by atoms with E-state index in [1.54, 1.807) is 0 Å². The fourth-order valence-corrected chi connectivity index (χ4v) is 2.07. The Bertz CT molecular complexity index is 177. The molecule has 0 aromatic carbocycles. The molecule has 0 radical (unpaired) electrons. The second-order valence-electron chi connectivity index (χ2n) is 4.38. The molecular weight excluding hydrogens is 176 g/mol. The zero-order chi connectivity index (χ0) is 10.4. The summed E-state index contributed by atoms with van der Waals surface area (Å²) in [6, 6.07) is 0. The third-order valence-corrected chi connectivity index (χ3v) is 2.92. The molecule has 0 spiro atoms. The zero-order valence-corrected chi connectivity index (χ0v) is 9.42. The van der Waals surface area contributed by atoms with Gasteiger partial charge in [0, 0.05) is 0 Å². The highest BCUT2D eigenvalue weighted by Crippen LogP contribution is 2.25. The predicted molar refractivity (Wildman–Crippen MR) is 57.0 cm³/mol. The van der Waals surface area contributed by atoms with E-state index in [0.29, 0.717) is 0 Å². The Morgan fingerprint density at radius 3 is 2.57 bits per heavy atom. The van der Waals surface area contributed by atoms with Crippen molar-refractivity contribution in [2.45, 2.75) is 64.9 Å². The van der Waals surface area contributed by atoms with E-state index >= 15 is 0 Å². The molecule has 1 fully saturated rings. The van der Waals surface area contributed by atoms with Gasteiger partial charge >= 0.3 is 5.97 Å². The molecule has 1 saturated heterocycles. The Morgan fingerprint density at radius 2 is 2.00 bits per heavy atom. The quantitative estimate of drug-likeness (QED) is 0.483. The highest BCUT2D eigenvalue weighted by molar-refractivity contribution is 5.74. The molecule has 1 rings (SSSR count). The number of ether oxygens (including phenoxy) is 1. The maximum Gasteiger partial charge on any atom is 0.309 e. The molecule has 1 heterocycles. The minimum Gasteiger partial charge on any atom is -0.462 e. The minimum absolute atomic E-state index is 0.0352. The third kappa shape index (κ3) is 3.69. The van der Waals surface area contributed by atoms with Gasteiger partial charge in [0.2, 0.25) is 0 Å². The van der Waals surface area contributed by atoms with Crippen molar-refractivity contribution in [3.05, 3.63) is 0 Å². The van der Waals surface area contributed by atoms with E-state index in [9.17, 15) is 4.79 Å².